The Labute approximate surface area is 360 Å². The molecule has 3 aromatic rings. The molecule has 20 nitrogen and oxygen atoms in total. The monoisotopic (exact) mass is 862 g/mol. The van der Waals surface area contributed by atoms with Crippen molar-refractivity contribution >= 4 is 58.3 Å². The highest BCUT2D eigenvalue weighted by Gasteiger charge is 2.31. The largest absolute Gasteiger partial charge is 0.445 e. The van der Waals surface area contributed by atoms with Crippen LogP contribution in [-0.4, -0.2) is 85.4 Å². The number of guanidine groups is 2. The lowest BCUT2D eigenvalue weighted by Crippen LogP contribution is -2.58. The lowest BCUT2D eigenvalue weighted by atomic mass is 10.0. The number of nitrogens with one attached hydrogen (secondary N) is 5. The number of fused-ring (bicyclic) bond motifs is 1. The molecule has 15 N–H and O–H groups in total. The van der Waals surface area contributed by atoms with E-state index in [9.17, 15) is 28.8 Å². The van der Waals surface area contributed by atoms with Crippen LogP contribution in [0.2, 0.25) is 0 Å². The first-order valence-corrected chi connectivity index (χ1v) is 20.7. The van der Waals surface area contributed by atoms with Crippen molar-refractivity contribution in [2.75, 3.05) is 25.0 Å². The molecule has 5 amide bonds. The third-order valence-corrected chi connectivity index (χ3v) is 9.62. The van der Waals surface area contributed by atoms with Gasteiger partial charge in [-0.25, -0.2) is 9.59 Å². The number of hydrogen-bond acceptors (Lipinski definition) is 11. The maximum Gasteiger partial charge on any atom is 0.408 e. The van der Waals surface area contributed by atoms with Gasteiger partial charge < -0.3 is 64.4 Å². The normalized spacial score (nSPS) is 12.8. The van der Waals surface area contributed by atoms with Gasteiger partial charge in [-0.1, -0.05) is 50.1 Å². The number of hydrogen-bond donors (Lipinski definition) is 10. The van der Waals surface area contributed by atoms with Gasteiger partial charge in [-0.3, -0.25) is 29.2 Å². The van der Waals surface area contributed by atoms with E-state index in [1.807, 2.05) is 25.1 Å². The fourth-order valence-electron chi connectivity index (χ4n) is 6.34. The zero-order valence-corrected chi connectivity index (χ0v) is 35.5. The van der Waals surface area contributed by atoms with Crippen LogP contribution in [0.1, 0.15) is 82.3 Å². The van der Waals surface area contributed by atoms with Gasteiger partial charge in [0.1, 0.15) is 36.4 Å². The standard InChI is InChI=1S/C42H62N12O8/c1-3-4-14-33(54-42(60)61-25-27-12-6-5-7-13-27)39(59)51-30(15-8-9-20-43)37(57)53-32(17-11-22-49-41(46)47)38(58)52-31(16-10-21-48-40(44)45)36(56)50-28-18-19-29-26(2)23-35(55)62-34(29)24-28/h5-7,12-13,18-19,23-24,30-33H,3-4,8-11,14-17,20-22,25,43H2,1-2H3,(H,50,56)(H,51,59)(H,52,58)(H,53,57)(H,54,60)(H4,44,45,48)(H4,46,47,49)/t30-,31-,32-,33-/m0/s1. The molecule has 1 aromatic heterocycles. The molecule has 0 radical (unpaired) electrons. The van der Waals surface area contributed by atoms with E-state index in [-0.39, 0.29) is 75.7 Å². The quantitative estimate of drug-likeness (QED) is 0.0235. The first kappa shape index (κ1) is 49.7. The second-order valence-corrected chi connectivity index (χ2v) is 14.7. The minimum Gasteiger partial charge on any atom is -0.445 e. The van der Waals surface area contributed by atoms with E-state index in [4.69, 9.17) is 37.8 Å². The summed E-state index contributed by atoms with van der Waals surface area (Å²) in [6, 6.07) is 10.7. The van der Waals surface area contributed by atoms with Crippen LogP contribution in [0, 0.1) is 6.92 Å². The molecular weight excluding hydrogens is 801 g/mol. The maximum absolute atomic E-state index is 14.1. The summed E-state index contributed by atoms with van der Waals surface area (Å²) in [6.45, 7) is 4.32. The summed E-state index contributed by atoms with van der Waals surface area (Å²) >= 11 is 0. The van der Waals surface area contributed by atoms with Crippen LogP contribution in [0.5, 0.6) is 0 Å². The Morgan fingerprint density at radius 3 is 1.76 bits per heavy atom. The molecule has 0 spiro atoms. The highest BCUT2D eigenvalue weighted by Crippen LogP contribution is 2.21. The van der Waals surface area contributed by atoms with Crippen molar-refractivity contribution in [2.24, 2.45) is 38.7 Å². The Balaban J connectivity index is 1.84. The molecule has 0 unspecified atom stereocenters. The van der Waals surface area contributed by atoms with E-state index >= 15 is 0 Å². The van der Waals surface area contributed by atoms with E-state index in [0.717, 1.165) is 12.0 Å². The van der Waals surface area contributed by atoms with Crippen LogP contribution in [0.25, 0.3) is 11.0 Å². The lowest BCUT2D eigenvalue weighted by Gasteiger charge is -2.26. The van der Waals surface area contributed by atoms with Crippen LogP contribution >= 0.6 is 0 Å². The second-order valence-electron chi connectivity index (χ2n) is 14.7. The first-order chi connectivity index (χ1) is 29.7. The SMILES string of the molecule is CCCC[C@H](NC(=O)OCc1ccccc1)C(=O)N[C@@H](CCCCN)C(=O)N[C@@H](CCCN=C(N)N)C(=O)N[C@@H](CCCN=C(N)N)C(=O)Nc1ccc2c(C)cc(=O)oc2c1. The summed E-state index contributed by atoms with van der Waals surface area (Å²) in [4.78, 5) is 88.5. The number of ether oxygens (including phenoxy) is 1. The van der Waals surface area contributed by atoms with Crippen LogP contribution in [0.4, 0.5) is 10.5 Å². The summed E-state index contributed by atoms with van der Waals surface area (Å²) in [5.41, 5.74) is 29.2. The topological polar surface area (TPSA) is 340 Å². The molecule has 20 heteroatoms. The van der Waals surface area contributed by atoms with Crippen molar-refractivity contribution in [3.8, 4) is 0 Å². The van der Waals surface area contributed by atoms with E-state index in [2.05, 4.69) is 36.6 Å². The number of carbonyl (C=O) groups excluding carboxylic acids is 5. The van der Waals surface area contributed by atoms with Gasteiger partial charge in [-0.15, -0.1) is 0 Å². The summed E-state index contributed by atoms with van der Waals surface area (Å²) in [5.74, 6) is -2.91. The number of alkyl carbamates (subject to hydrolysis) is 1. The molecule has 0 saturated heterocycles. The van der Waals surface area contributed by atoms with Gasteiger partial charge in [-0.05, 0) is 88.1 Å². The second kappa shape index (κ2) is 26.5. The fraction of sp³-hybridized carbons (Fsp3) is 0.476. The molecule has 0 saturated carbocycles. The molecule has 0 aliphatic rings. The number of aryl methyl sites for hydroxylation is 1. The number of rotatable bonds is 26. The average Bonchev–Trinajstić information content (AvgIpc) is 3.23. The van der Waals surface area contributed by atoms with Crippen LogP contribution in [-0.2, 0) is 30.5 Å². The number of nitrogens with zero attached hydrogens (tertiary/aromatic N) is 2. The van der Waals surface area contributed by atoms with Crippen LogP contribution < -0.4 is 60.9 Å². The fourth-order valence-corrected chi connectivity index (χ4v) is 6.34. The zero-order chi connectivity index (χ0) is 45.4. The number of anilines is 1. The number of nitrogens with two attached hydrogens (primary N) is 5. The molecular formula is C42H62N12O8. The predicted molar refractivity (Wildman–Crippen MR) is 237 cm³/mol. The van der Waals surface area contributed by atoms with E-state index in [1.165, 1.54) is 12.1 Å². The Kier molecular flexibility index (Phi) is 21.2. The van der Waals surface area contributed by atoms with Gasteiger partial charge in [0.15, 0.2) is 11.9 Å². The molecule has 338 valence electrons. The zero-order valence-electron chi connectivity index (χ0n) is 35.5. The van der Waals surface area contributed by atoms with Crippen molar-refractivity contribution in [1.29, 1.82) is 0 Å². The number of aliphatic imine (C=N–C) groups is 2. The van der Waals surface area contributed by atoms with E-state index in [0.29, 0.717) is 42.4 Å². The summed E-state index contributed by atoms with van der Waals surface area (Å²) < 4.78 is 10.7. The van der Waals surface area contributed by atoms with Gasteiger partial charge in [0.25, 0.3) is 0 Å². The van der Waals surface area contributed by atoms with E-state index in [1.54, 1.807) is 31.2 Å². The molecule has 3 rings (SSSR count). The smallest absolute Gasteiger partial charge is 0.408 e. The Morgan fingerprint density at radius 2 is 1.21 bits per heavy atom. The van der Waals surface area contributed by atoms with Crippen LogP contribution in [0.3, 0.4) is 0 Å². The summed E-state index contributed by atoms with van der Waals surface area (Å²) in [6.07, 6.45) is 2.62. The minimum atomic E-state index is -1.22. The predicted octanol–water partition coefficient (Wildman–Crippen LogP) is 1.22. The van der Waals surface area contributed by atoms with Crippen LogP contribution in [0.15, 0.2) is 73.8 Å². The van der Waals surface area contributed by atoms with Gasteiger partial charge in [0.2, 0.25) is 23.6 Å². The van der Waals surface area contributed by atoms with Crippen molar-refractivity contribution in [3.05, 3.63) is 76.1 Å². The number of benzene rings is 2. The Morgan fingerprint density at radius 1 is 0.677 bits per heavy atom. The minimum absolute atomic E-state index is 0.00693. The average molecular weight is 863 g/mol. The third-order valence-electron chi connectivity index (χ3n) is 9.62. The third kappa shape index (κ3) is 17.9. The molecule has 62 heavy (non-hydrogen) atoms. The van der Waals surface area contributed by atoms with Gasteiger partial charge in [-0.2, -0.15) is 0 Å². The lowest BCUT2D eigenvalue weighted by molar-refractivity contribution is -0.133. The van der Waals surface area contributed by atoms with Gasteiger partial charge in [0, 0.05) is 36.3 Å². The first-order valence-electron chi connectivity index (χ1n) is 20.7. The van der Waals surface area contributed by atoms with Gasteiger partial charge in [0.05, 0.1) is 0 Å². The molecule has 0 fully saturated rings. The molecule has 0 aliphatic heterocycles. The number of unbranched alkanes of at least 4 members (excludes halogenated alkanes) is 2. The molecule has 1 heterocycles. The van der Waals surface area contributed by atoms with Gasteiger partial charge >= 0.3 is 11.7 Å². The van der Waals surface area contributed by atoms with Crippen molar-refractivity contribution in [1.82, 2.24) is 21.3 Å². The highest BCUT2D eigenvalue weighted by molar-refractivity contribution is 6.00. The molecule has 4 atom stereocenters. The van der Waals surface area contributed by atoms with Crippen molar-refractivity contribution < 1.29 is 33.1 Å². The van der Waals surface area contributed by atoms with E-state index < -0.39 is 59.5 Å². The summed E-state index contributed by atoms with van der Waals surface area (Å²) in [5, 5.41) is 14.3. The van der Waals surface area contributed by atoms with Crippen molar-refractivity contribution in [2.45, 2.75) is 109 Å². The molecule has 0 aliphatic carbocycles. The maximum atomic E-state index is 14.1. The Hall–Kier alpha value is -6.70. The Bertz CT molecular complexity index is 2050. The highest BCUT2D eigenvalue weighted by atomic mass is 16.5. The number of amides is 5. The summed E-state index contributed by atoms with van der Waals surface area (Å²) in [7, 11) is 0. The van der Waals surface area contributed by atoms with Crippen molar-refractivity contribution in [3.63, 3.8) is 0 Å². The molecule has 2 aromatic carbocycles. The molecule has 0 bridgehead atoms. The number of carbonyl (C=O) groups is 5.